The van der Waals surface area contributed by atoms with Crippen LogP contribution >= 0.6 is 0 Å². The molecule has 0 saturated heterocycles. The van der Waals surface area contributed by atoms with Crippen LogP contribution in [0, 0.1) is 6.92 Å². The Balaban J connectivity index is 2.16. The summed E-state index contributed by atoms with van der Waals surface area (Å²) in [5.74, 6) is -0.264. The number of carbonyl (C=O) groups is 1. The summed E-state index contributed by atoms with van der Waals surface area (Å²) in [6, 6.07) is 6.40. The largest absolute Gasteiger partial charge is 0.465 e. The number of hydrogen-bond acceptors (Lipinski definition) is 3. The zero-order valence-corrected chi connectivity index (χ0v) is 11.9. The lowest BCUT2D eigenvalue weighted by Crippen LogP contribution is -2.20. The molecule has 1 N–H and O–H groups in total. The fraction of sp³-hybridized carbons (Fsp3) is 0.562. The van der Waals surface area contributed by atoms with Gasteiger partial charge in [-0.3, -0.25) is 0 Å². The molecule has 1 saturated carbocycles. The average Bonchev–Trinajstić information content (AvgIpc) is 2.68. The fourth-order valence-electron chi connectivity index (χ4n) is 2.71. The fourth-order valence-corrected chi connectivity index (χ4v) is 2.71. The number of carbonyl (C=O) groups excluding carboxylic acids is 1. The minimum absolute atomic E-state index is 0.264. The summed E-state index contributed by atoms with van der Waals surface area (Å²) in [6.07, 6.45) is 7.59. The van der Waals surface area contributed by atoms with Crippen molar-refractivity contribution < 1.29 is 9.53 Å². The summed E-state index contributed by atoms with van der Waals surface area (Å²) in [5, 5.41) is 3.53. The molecule has 0 aromatic heterocycles. The Labute approximate surface area is 115 Å². The number of hydrogen-bond donors (Lipinski definition) is 1. The molecule has 0 heterocycles. The van der Waals surface area contributed by atoms with Crippen molar-refractivity contribution in [1.82, 2.24) is 0 Å². The first kappa shape index (κ1) is 13.9. The van der Waals surface area contributed by atoms with E-state index >= 15 is 0 Å². The van der Waals surface area contributed by atoms with Gasteiger partial charge in [-0.2, -0.15) is 0 Å². The lowest BCUT2D eigenvalue weighted by atomic mass is 10.1. The van der Waals surface area contributed by atoms with Crippen LogP contribution in [0.2, 0.25) is 0 Å². The summed E-state index contributed by atoms with van der Waals surface area (Å²) < 4.78 is 4.87. The topological polar surface area (TPSA) is 38.3 Å². The number of aryl methyl sites for hydroxylation is 1. The molecule has 1 aromatic rings. The van der Waals surface area contributed by atoms with Gasteiger partial charge in [0, 0.05) is 11.7 Å². The highest BCUT2D eigenvalue weighted by molar-refractivity contribution is 5.95. The van der Waals surface area contributed by atoms with Crippen molar-refractivity contribution in [2.75, 3.05) is 12.4 Å². The van der Waals surface area contributed by atoms with Crippen LogP contribution in [0.5, 0.6) is 0 Å². The van der Waals surface area contributed by atoms with E-state index in [4.69, 9.17) is 4.74 Å². The molecule has 0 spiro atoms. The highest BCUT2D eigenvalue weighted by atomic mass is 16.5. The van der Waals surface area contributed by atoms with Gasteiger partial charge in [-0.05, 0) is 31.9 Å². The van der Waals surface area contributed by atoms with Crippen molar-refractivity contribution in [2.24, 2.45) is 0 Å². The van der Waals surface area contributed by atoms with Crippen LogP contribution in [0.15, 0.2) is 18.2 Å². The van der Waals surface area contributed by atoms with Gasteiger partial charge < -0.3 is 10.1 Å². The summed E-state index contributed by atoms with van der Waals surface area (Å²) in [5.41, 5.74) is 2.63. The first-order valence-corrected chi connectivity index (χ1v) is 7.16. The van der Waals surface area contributed by atoms with Gasteiger partial charge in [0.1, 0.15) is 0 Å². The molecule has 1 aliphatic rings. The normalized spacial score (nSPS) is 16.7. The standard InChI is InChI=1S/C16H23NO2/c1-12-9-10-15(14(11-12)16(18)19-2)17-13-7-5-3-4-6-8-13/h9-11,13,17H,3-8H2,1-2H3. The van der Waals surface area contributed by atoms with Crippen LogP contribution < -0.4 is 5.32 Å². The summed E-state index contributed by atoms with van der Waals surface area (Å²) in [4.78, 5) is 11.8. The lowest BCUT2D eigenvalue weighted by Gasteiger charge is -2.19. The first-order valence-electron chi connectivity index (χ1n) is 7.16. The number of methoxy groups -OCH3 is 1. The maximum absolute atomic E-state index is 11.8. The second-order valence-electron chi connectivity index (χ2n) is 5.37. The van der Waals surface area contributed by atoms with Gasteiger partial charge >= 0.3 is 5.97 Å². The van der Waals surface area contributed by atoms with Crippen molar-refractivity contribution in [1.29, 1.82) is 0 Å². The van der Waals surface area contributed by atoms with Crippen LogP contribution in [0.4, 0.5) is 5.69 Å². The monoisotopic (exact) mass is 261 g/mol. The molecule has 1 aromatic carbocycles. The predicted octanol–water partition coefficient (Wildman–Crippen LogP) is 3.92. The molecule has 0 bridgehead atoms. The molecule has 1 fully saturated rings. The van der Waals surface area contributed by atoms with Crippen LogP contribution in [0.1, 0.15) is 54.4 Å². The molecule has 0 aliphatic heterocycles. The minimum atomic E-state index is -0.264. The van der Waals surface area contributed by atoms with Gasteiger partial charge in [-0.25, -0.2) is 4.79 Å². The van der Waals surface area contributed by atoms with Crippen molar-refractivity contribution in [2.45, 2.75) is 51.5 Å². The highest BCUT2D eigenvalue weighted by Crippen LogP contribution is 2.24. The summed E-state index contributed by atoms with van der Waals surface area (Å²) in [7, 11) is 1.43. The molecule has 104 valence electrons. The summed E-state index contributed by atoms with van der Waals surface area (Å²) in [6.45, 7) is 1.99. The van der Waals surface area contributed by atoms with E-state index in [9.17, 15) is 4.79 Å². The maximum atomic E-state index is 11.8. The zero-order valence-electron chi connectivity index (χ0n) is 11.9. The molecular weight excluding hydrogens is 238 g/mol. The van der Waals surface area contributed by atoms with Crippen molar-refractivity contribution >= 4 is 11.7 Å². The second kappa shape index (κ2) is 6.60. The molecule has 19 heavy (non-hydrogen) atoms. The Bertz CT molecular complexity index is 434. The van der Waals surface area contributed by atoms with E-state index in [1.807, 2.05) is 25.1 Å². The molecule has 0 amide bonds. The molecular formula is C16H23NO2. The summed E-state index contributed by atoms with van der Waals surface area (Å²) >= 11 is 0. The van der Waals surface area contributed by atoms with E-state index in [0.29, 0.717) is 11.6 Å². The number of rotatable bonds is 3. The average molecular weight is 261 g/mol. The molecule has 0 unspecified atom stereocenters. The molecule has 0 radical (unpaired) electrons. The van der Waals surface area contributed by atoms with Crippen LogP contribution in [0.3, 0.4) is 0 Å². The minimum Gasteiger partial charge on any atom is -0.465 e. The van der Waals surface area contributed by atoms with Crippen LogP contribution in [0.25, 0.3) is 0 Å². The molecule has 0 atom stereocenters. The van der Waals surface area contributed by atoms with Gasteiger partial charge in [0.05, 0.1) is 12.7 Å². The molecule has 2 rings (SSSR count). The molecule has 1 aliphatic carbocycles. The van der Waals surface area contributed by atoms with Crippen molar-refractivity contribution in [3.63, 3.8) is 0 Å². The van der Waals surface area contributed by atoms with Crippen molar-refractivity contribution in [3.05, 3.63) is 29.3 Å². The zero-order chi connectivity index (χ0) is 13.7. The molecule has 3 nitrogen and oxygen atoms in total. The van der Waals surface area contributed by atoms with Crippen molar-refractivity contribution in [3.8, 4) is 0 Å². The van der Waals surface area contributed by atoms with Gasteiger partial charge in [0.15, 0.2) is 0 Å². The Morgan fingerprint density at radius 1 is 1.21 bits per heavy atom. The Hall–Kier alpha value is -1.51. The van der Waals surface area contributed by atoms with Gasteiger partial charge in [-0.1, -0.05) is 37.3 Å². The van der Waals surface area contributed by atoms with E-state index in [0.717, 1.165) is 11.3 Å². The number of anilines is 1. The van der Waals surface area contributed by atoms with Crippen LogP contribution in [-0.4, -0.2) is 19.1 Å². The van der Waals surface area contributed by atoms with E-state index in [1.54, 1.807) is 0 Å². The SMILES string of the molecule is COC(=O)c1cc(C)ccc1NC1CCCCCC1. The quantitative estimate of drug-likeness (QED) is 0.662. The maximum Gasteiger partial charge on any atom is 0.339 e. The van der Waals surface area contributed by atoms with E-state index in [2.05, 4.69) is 5.32 Å². The van der Waals surface area contributed by atoms with Gasteiger partial charge in [-0.15, -0.1) is 0 Å². The predicted molar refractivity (Wildman–Crippen MR) is 77.6 cm³/mol. The van der Waals surface area contributed by atoms with E-state index < -0.39 is 0 Å². The van der Waals surface area contributed by atoms with Crippen LogP contribution in [-0.2, 0) is 4.74 Å². The van der Waals surface area contributed by atoms with E-state index in [-0.39, 0.29) is 5.97 Å². The number of benzene rings is 1. The number of ether oxygens (including phenoxy) is 1. The number of nitrogens with one attached hydrogen (secondary N) is 1. The third-order valence-electron chi connectivity index (χ3n) is 3.80. The van der Waals surface area contributed by atoms with Gasteiger partial charge in [0.25, 0.3) is 0 Å². The Morgan fingerprint density at radius 2 is 1.89 bits per heavy atom. The lowest BCUT2D eigenvalue weighted by molar-refractivity contribution is 0.0601. The number of esters is 1. The third-order valence-corrected chi connectivity index (χ3v) is 3.80. The highest BCUT2D eigenvalue weighted by Gasteiger charge is 2.16. The van der Waals surface area contributed by atoms with Gasteiger partial charge in [0.2, 0.25) is 0 Å². The van der Waals surface area contributed by atoms with E-state index in [1.165, 1.54) is 45.6 Å². The Morgan fingerprint density at radius 3 is 2.53 bits per heavy atom. The third kappa shape index (κ3) is 3.72. The smallest absolute Gasteiger partial charge is 0.339 e. The molecule has 3 heteroatoms. The second-order valence-corrected chi connectivity index (χ2v) is 5.37. The Kier molecular flexibility index (Phi) is 4.83. The first-order chi connectivity index (χ1) is 9.20.